The molecule has 3 N–H and O–H groups in total. The molecule has 1 atom stereocenters. The van der Waals surface area contributed by atoms with E-state index >= 15 is 0 Å². The lowest BCUT2D eigenvalue weighted by molar-refractivity contribution is -0.231. The molecule has 3 aromatic rings. The van der Waals surface area contributed by atoms with Crippen molar-refractivity contribution in [1.82, 2.24) is 9.78 Å². The molecule has 174 valence electrons. The van der Waals surface area contributed by atoms with Crippen molar-refractivity contribution in [3.8, 4) is 16.9 Å². The van der Waals surface area contributed by atoms with Gasteiger partial charge in [-0.25, -0.2) is 4.68 Å². The maximum atomic E-state index is 13.1. The number of benzene rings is 2. The van der Waals surface area contributed by atoms with E-state index in [4.69, 9.17) is 5.73 Å². The zero-order valence-corrected chi connectivity index (χ0v) is 18.4. The van der Waals surface area contributed by atoms with Gasteiger partial charge in [-0.2, -0.15) is 8.78 Å². The third-order valence-electron chi connectivity index (χ3n) is 4.99. The van der Waals surface area contributed by atoms with Crippen LogP contribution in [0.15, 0.2) is 60.7 Å². The first kappa shape index (κ1) is 24.1. The Kier molecular flexibility index (Phi) is 7.55. The summed E-state index contributed by atoms with van der Waals surface area (Å²) in [4.78, 5) is 23.9. The van der Waals surface area contributed by atoms with Gasteiger partial charge in [-0.1, -0.05) is 43.3 Å². The number of primary amides is 1. The first-order valence-corrected chi connectivity index (χ1v) is 10.5. The molecule has 0 radical (unpaired) electrons. The van der Waals surface area contributed by atoms with E-state index in [1.54, 1.807) is 35.9 Å². The Labute approximate surface area is 190 Å². The number of hydrogen-bond acceptors (Lipinski definition) is 4. The Morgan fingerprint density at radius 2 is 1.88 bits per heavy atom. The zero-order chi connectivity index (χ0) is 24.0. The van der Waals surface area contributed by atoms with Crippen molar-refractivity contribution >= 4 is 17.6 Å². The highest BCUT2D eigenvalue weighted by Crippen LogP contribution is 2.28. The van der Waals surface area contributed by atoms with E-state index in [0.29, 0.717) is 36.0 Å². The van der Waals surface area contributed by atoms with Crippen LogP contribution in [0.25, 0.3) is 16.9 Å². The van der Waals surface area contributed by atoms with E-state index in [2.05, 4.69) is 15.2 Å². The van der Waals surface area contributed by atoms with Crippen LogP contribution in [0, 0.1) is 5.92 Å². The molecule has 1 heterocycles. The molecule has 9 heteroatoms. The molecule has 0 spiro atoms. The fourth-order valence-corrected chi connectivity index (χ4v) is 3.34. The molecule has 2 aromatic carbocycles. The molecule has 3 rings (SSSR count). The second kappa shape index (κ2) is 10.4. The van der Waals surface area contributed by atoms with Crippen LogP contribution in [0.2, 0.25) is 0 Å². The van der Waals surface area contributed by atoms with Gasteiger partial charge in [0.25, 0.3) is 0 Å². The minimum atomic E-state index is -3.24. The number of nitrogens with two attached hydrogens (primary N) is 1. The van der Waals surface area contributed by atoms with Crippen molar-refractivity contribution in [2.24, 2.45) is 11.7 Å². The molecule has 2 amide bonds. The molecule has 0 bridgehead atoms. The van der Waals surface area contributed by atoms with Gasteiger partial charge in [0, 0.05) is 30.9 Å². The van der Waals surface area contributed by atoms with Gasteiger partial charge < -0.3 is 15.8 Å². The molecule has 0 aliphatic heterocycles. The molecule has 33 heavy (non-hydrogen) atoms. The van der Waals surface area contributed by atoms with Crippen LogP contribution < -0.4 is 11.1 Å². The minimum Gasteiger partial charge on any atom is -0.370 e. The van der Waals surface area contributed by atoms with Crippen LogP contribution >= 0.6 is 0 Å². The summed E-state index contributed by atoms with van der Waals surface area (Å²) < 4.78 is 32.5. The molecular weight excluding hydrogens is 430 g/mol. The molecule has 7 nitrogen and oxygen atoms in total. The van der Waals surface area contributed by atoms with Crippen molar-refractivity contribution < 1.29 is 23.1 Å². The summed E-state index contributed by atoms with van der Waals surface area (Å²) in [7, 11) is 0. The van der Waals surface area contributed by atoms with E-state index in [1.165, 1.54) is 0 Å². The number of halogens is 2. The summed E-state index contributed by atoms with van der Waals surface area (Å²) in [6.07, 6.45) is -2.84. The largest absolute Gasteiger partial charge is 0.370 e. The Bertz CT molecular complexity index is 1110. The predicted octanol–water partition coefficient (Wildman–Crippen LogP) is 4.51. The average molecular weight is 456 g/mol. The number of carbonyl (C=O) groups excluding carboxylic acids is 2. The minimum absolute atomic E-state index is 0.0569. The highest BCUT2D eigenvalue weighted by atomic mass is 19.3. The van der Waals surface area contributed by atoms with Crippen molar-refractivity contribution in [2.75, 3.05) is 5.32 Å². The Morgan fingerprint density at radius 3 is 2.52 bits per heavy atom. The van der Waals surface area contributed by atoms with E-state index in [-0.39, 0.29) is 18.9 Å². The van der Waals surface area contributed by atoms with E-state index in [1.807, 2.05) is 36.4 Å². The van der Waals surface area contributed by atoms with E-state index in [0.717, 1.165) is 5.69 Å². The molecule has 0 saturated carbocycles. The predicted molar refractivity (Wildman–Crippen MR) is 121 cm³/mol. The number of nitrogens with one attached hydrogen (secondary N) is 1. The number of anilines is 1. The highest BCUT2D eigenvalue weighted by molar-refractivity contribution is 5.94. The molecule has 1 unspecified atom stereocenters. The van der Waals surface area contributed by atoms with Crippen LogP contribution in [0.4, 0.5) is 14.6 Å². The number of hydrogen-bond donors (Lipinski definition) is 2. The number of ether oxygens (including phenoxy) is 1. The summed E-state index contributed by atoms with van der Waals surface area (Å²) >= 11 is 0. The summed E-state index contributed by atoms with van der Waals surface area (Å²) in [6.45, 7) is 2.23. The SMILES string of the molecule is CCC(CC(N)=O)C(=O)Nc1cc(-c2cccc(COC(C)(F)F)c2)n(-c2ccccc2)n1. The Morgan fingerprint density at radius 1 is 1.15 bits per heavy atom. The lowest BCUT2D eigenvalue weighted by Gasteiger charge is -2.12. The van der Waals surface area contributed by atoms with Gasteiger partial charge in [-0.15, -0.1) is 5.10 Å². The monoisotopic (exact) mass is 456 g/mol. The Balaban J connectivity index is 1.95. The van der Waals surface area contributed by atoms with Gasteiger partial charge in [0.15, 0.2) is 5.82 Å². The van der Waals surface area contributed by atoms with Crippen LogP contribution in [-0.2, 0) is 20.9 Å². The number of aromatic nitrogens is 2. The van der Waals surface area contributed by atoms with Crippen molar-refractivity contribution in [3.05, 3.63) is 66.2 Å². The van der Waals surface area contributed by atoms with Gasteiger partial charge in [0.05, 0.1) is 18.0 Å². The van der Waals surface area contributed by atoms with Crippen LogP contribution in [0.3, 0.4) is 0 Å². The van der Waals surface area contributed by atoms with E-state index in [9.17, 15) is 18.4 Å². The maximum absolute atomic E-state index is 13.1. The van der Waals surface area contributed by atoms with Crippen LogP contribution in [0.5, 0.6) is 0 Å². The van der Waals surface area contributed by atoms with Gasteiger partial charge in [0.1, 0.15) is 0 Å². The molecule has 1 aromatic heterocycles. The number of para-hydroxylation sites is 1. The topological polar surface area (TPSA) is 99.2 Å². The lowest BCUT2D eigenvalue weighted by Crippen LogP contribution is -2.27. The molecule has 0 saturated heterocycles. The number of alkyl halides is 2. The van der Waals surface area contributed by atoms with Gasteiger partial charge in [-0.3, -0.25) is 9.59 Å². The zero-order valence-electron chi connectivity index (χ0n) is 18.4. The van der Waals surface area contributed by atoms with Gasteiger partial charge >= 0.3 is 6.11 Å². The highest BCUT2D eigenvalue weighted by Gasteiger charge is 2.23. The fourth-order valence-electron chi connectivity index (χ4n) is 3.34. The molecular formula is C24H26F2N4O3. The third-order valence-corrected chi connectivity index (χ3v) is 4.99. The number of carbonyl (C=O) groups is 2. The first-order chi connectivity index (χ1) is 15.7. The van der Waals surface area contributed by atoms with Crippen LogP contribution in [-0.4, -0.2) is 27.7 Å². The van der Waals surface area contributed by atoms with Crippen molar-refractivity contribution in [3.63, 3.8) is 0 Å². The number of nitrogens with zero attached hydrogens (tertiary/aromatic N) is 2. The lowest BCUT2D eigenvalue weighted by atomic mass is 10.0. The van der Waals surface area contributed by atoms with Crippen molar-refractivity contribution in [2.45, 2.75) is 39.4 Å². The quantitative estimate of drug-likeness (QED) is 0.469. The van der Waals surface area contributed by atoms with E-state index < -0.39 is 17.9 Å². The second-order valence-electron chi connectivity index (χ2n) is 7.72. The second-order valence-corrected chi connectivity index (χ2v) is 7.72. The molecule has 0 aliphatic carbocycles. The first-order valence-electron chi connectivity index (χ1n) is 10.5. The molecule has 0 fully saturated rings. The maximum Gasteiger partial charge on any atom is 0.353 e. The summed E-state index contributed by atoms with van der Waals surface area (Å²) in [5, 5.41) is 7.28. The van der Waals surface area contributed by atoms with Gasteiger partial charge in [0.2, 0.25) is 11.8 Å². The number of rotatable bonds is 10. The summed E-state index contributed by atoms with van der Waals surface area (Å²) in [6, 6.07) is 18.0. The summed E-state index contributed by atoms with van der Waals surface area (Å²) in [5.41, 5.74) is 7.91. The number of amides is 2. The average Bonchev–Trinajstić information content (AvgIpc) is 3.20. The fraction of sp³-hybridized carbons (Fsp3) is 0.292. The molecule has 0 aliphatic rings. The smallest absolute Gasteiger partial charge is 0.353 e. The van der Waals surface area contributed by atoms with Crippen LogP contribution in [0.1, 0.15) is 32.3 Å². The summed E-state index contributed by atoms with van der Waals surface area (Å²) in [5.74, 6) is -1.18. The Hall–Kier alpha value is -3.59. The standard InChI is InChI=1S/C24H26F2N4O3/c1-3-17(13-21(27)31)23(32)28-22-14-20(30(29-22)19-10-5-4-6-11-19)18-9-7-8-16(12-18)15-33-24(2,25)26/h4-12,14,17H,3,13,15H2,1-2H3,(H2,27,31)(H,28,29,32). The third kappa shape index (κ3) is 6.69. The van der Waals surface area contributed by atoms with Crippen molar-refractivity contribution in [1.29, 1.82) is 0 Å². The normalized spacial score (nSPS) is 12.4. The van der Waals surface area contributed by atoms with Gasteiger partial charge in [-0.05, 0) is 30.2 Å².